The van der Waals surface area contributed by atoms with Crippen molar-refractivity contribution in [2.75, 3.05) is 31.5 Å². The number of rotatable bonds is 3. The zero-order valence-electron chi connectivity index (χ0n) is 12.0. The molecule has 2 rings (SSSR count). The Hall–Kier alpha value is -1.60. The van der Waals surface area contributed by atoms with Crippen molar-refractivity contribution in [3.8, 4) is 0 Å². The van der Waals surface area contributed by atoms with Crippen LogP contribution in [0.2, 0.25) is 0 Å². The van der Waals surface area contributed by atoms with Crippen LogP contribution in [-0.2, 0) is 4.79 Å². The summed E-state index contributed by atoms with van der Waals surface area (Å²) in [4.78, 5) is 13.9. The predicted molar refractivity (Wildman–Crippen MR) is 73.5 cm³/mol. The van der Waals surface area contributed by atoms with Crippen molar-refractivity contribution in [2.24, 2.45) is 0 Å². The molecule has 0 spiro atoms. The van der Waals surface area contributed by atoms with Gasteiger partial charge in [0.05, 0.1) is 12.2 Å². The van der Waals surface area contributed by atoms with Crippen LogP contribution in [0, 0.1) is 17.5 Å². The van der Waals surface area contributed by atoms with Gasteiger partial charge < -0.3 is 10.6 Å². The molecule has 7 heteroatoms. The van der Waals surface area contributed by atoms with E-state index in [2.05, 4.69) is 10.6 Å². The number of carbonyl (C=O) groups is 1. The van der Waals surface area contributed by atoms with E-state index in [-0.39, 0.29) is 17.8 Å². The van der Waals surface area contributed by atoms with E-state index in [0.29, 0.717) is 6.54 Å². The monoisotopic (exact) mass is 301 g/mol. The van der Waals surface area contributed by atoms with E-state index in [4.69, 9.17) is 0 Å². The van der Waals surface area contributed by atoms with Crippen LogP contribution in [-0.4, -0.2) is 42.5 Å². The minimum atomic E-state index is -1.59. The highest BCUT2D eigenvalue weighted by Gasteiger charge is 2.31. The Morgan fingerprint density at radius 2 is 2.05 bits per heavy atom. The molecule has 1 heterocycles. The number of nitrogens with zero attached hydrogens (tertiary/aromatic N) is 1. The zero-order valence-corrected chi connectivity index (χ0v) is 12.0. The summed E-state index contributed by atoms with van der Waals surface area (Å²) in [5.74, 6) is -4.72. The van der Waals surface area contributed by atoms with Crippen molar-refractivity contribution in [2.45, 2.75) is 19.4 Å². The predicted octanol–water partition coefficient (Wildman–Crippen LogP) is 1.73. The SMILES string of the molecule is CC1(C)CNCCN1CC(=O)Nc1ccc(F)c(F)c1F. The van der Waals surface area contributed by atoms with Gasteiger partial charge >= 0.3 is 0 Å². The number of piperazine rings is 1. The van der Waals surface area contributed by atoms with Crippen LogP contribution in [0.1, 0.15) is 13.8 Å². The molecule has 116 valence electrons. The second-order valence-corrected chi connectivity index (χ2v) is 5.68. The van der Waals surface area contributed by atoms with Gasteiger partial charge in [-0.25, -0.2) is 13.2 Å². The molecule has 1 amide bonds. The van der Waals surface area contributed by atoms with Crippen LogP contribution in [0.25, 0.3) is 0 Å². The van der Waals surface area contributed by atoms with Crippen LogP contribution >= 0.6 is 0 Å². The first-order chi connectivity index (χ1) is 9.81. The number of hydrogen-bond donors (Lipinski definition) is 2. The summed E-state index contributed by atoms with van der Waals surface area (Å²) in [6.07, 6.45) is 0. The van der Waals surface area contributed by atoms with Gasteiger partial charge in [0.25, 0.3) is 0 Å². The summed E-state index contributed by atoms with van der Waals surface area (Å²) in [5, 5.41) is 5.51. The second kappa shape index (κ2) is 6.03. The van der Waals surface area contributed by atoms with Crippen molar-refractivity contribution in [1.82, 2.24) is 10.2 Å². The number of halogens is 3. The minimum Gasteiger partial charge on any atom is -0.322 e. The summed E-state index contributed by atoms with van der Waals surface area (Å²) >= 11 is 0. The van der Waals surface area contributed by atoms with Gasteiger partial charge in [0.15, 0.2) is 17.5 Å². The van der Waals surface area contributed by atoms with E-state index in [1.807, 2.05) is 18.7 Å². The highest BCUT2D eigenvalue weighted by atomic mass is 19.2. The third-order valence-electron chi connectivity index (χ3n) is 3.62. The van der Waals surface area contributed by atoms with Crippen LogP contribution in [0.4, 0.5) is 18.9 Å². The maximum Gasteiger partial charge on any atom is 0.238 e. The lowest BCUT2D eigenvalue weighted by Gasteiger charge is -2.42. The van der Waals surface area contributed by atoms with Gasteiger partial charge in [-0.05, 0) is 26.0 Å². The maximum absolute atomic E-state index is 13.5. The Bertz CT molecular complexity index is 549. The standard InChI is InChI=1S/C14H18F3N3O/c1-14(2)8-18-5-6-20(14)7-11(21)19-10-4-3-9(15)12(16)13(10)17/h3-4,18H,5-8H2,1-2H3,(H,19,21). The van der Waals surface area contributed by atoms with Gasteiger partial charge in [0.2, 0.25) is 5.91 Å². The van der Waals surface area contributed by atoms with Crippen molar-refractivity contribution in [3.05, 3.63) is 29.6 Å². The summed E-state index contributed by atoms with van der Waals surface area (Å²) in [6, 6.07) is 1.79. The van der Waals surface area contributed by atoms with Crippen molar-refractivity contribution < 1.29 is 18.0 Å². The van der Waals surface area contributed by atoms with E-state index >= 15 is 0 Å². The Morgan fingerprint density at radius 3 is 2.71 bits per heavy atom. The fraction of sp³-hybridized carbons (Fsp3) is 0.500. The van der Waals surface area contributed by atoms with Crippen LogP contribution in [0.3, 0.4) is 0 Å². The molecule has 0 bridgehead atoms. The van der Waals surface area contributed by atoms with Crippen LogP contribution in [0.15, 0.2) is 12.1 Å². The molecule has 4 nitrogen and oxygen atoms in total. The van der Waals surface area contributed by atoms with E-state index in [0.717, 1.165) is 25.2 Å². The number of amides is 1. The topological polar surface area (TPSA) is 44.4 Å². The highest BCUT2D eigenvalue weighted by molar-refractivity contribution is 5.92. The van der Waals surface area contributed by atoms with Crippen molar-refractivity contribution in [3.63, 3.8) is 0 Å². The minimum absolute atomic E-state index is 0.0626. The Balaban J connectivity index is 2.04. The lowest BCUT2D eigenvalue weighted by atomic mass is 10.0. The van der Waals surface area contributed by atoms with E-state index < -0.39 is 23.4 Å². The second-order valence-electron chi connectivity index (χ2n) is 5.68. The molecule has 1 aliphatic rings. The average molecular weight is 301 g/mol. The van der Waals surface area contributed by atoms with Gasteiger partial charge in [-0.15, -0.1) is 0 Å². The molecule has 0 atom stereocenters. The molecular formula is C14H18F3N3O. The number of nitrogens with one attached hydrogen (secondary N) is 2. The molecular weight excluding hydrogens is 283 g/mol. The lowest BCUT2D eigenvalue weighted by molar-refractivity contribution is -0.119. The fourth-order valence-electron chi connectivity index (χ4n) is 2.30. The number of carbonyl (C=O) groups excluding carboxylic acids is 1. The quantitative estimate of drug-likeness (QED) is 0.836. The molecule has 0 aromatic heterocycles. The molecule has 2 N–H and O–H groups in total. The average Bonchev–Trinajstić information content (AvgIpc) is 2.42. The number of hydrogen-bond acceptors (Lipinski definition) is 3. The first-order valence-corrected chi connectivity index (χ1v) is 6.70. The van der Waals surface area contributed by atoms with Crippen molar-refractivity contribution in [1.29, 1.82) is 0 Å². The molecule has 0 saturated carbocycles. The smallest absolute Gasteiger partial charge is 0.238 e. The molecule has 1 aromatic carbocycles. The third kappa shape index (κ3) is 3.54. The molecule has 1 aliphatic heterocycles. The summed E-state index contributed by atoms with van der Waals surface area (Å²) in [6.45, 7) is 6.22. The third-order valence-corrected chi connectivity index (χ3v) is 3.62. The maximum atomic E-state index is 13.5. The summed E-state index contributed by atoms with van der Waals surface area (Å²) in [5.41, 5.74) is -0.561. The van der Waals surface area contributed by atoms with Crippen LogP contribution in [0.5, 0.6) is 0 Å². The Morgan fingerprint density at radius 1 is 1.33 bits per heavy atom. The van der Waals surface area contributed by atoms with Crippen LogP contribution < -0.4 is 10.6 Å². The molecule has 1 fully saturated rings. The Labute approximate surface area is 121 Å². The van der Waals surface area contributed by atoms with Gasteiger partial charge in [-0.3, -0.25) is 9.69 Å². The lowest BCUT2D eigenvalue weighted by Crippen LogP contribution is -2.59. The molecule has 0 radical (unpaired) electrons. The van der Waals surface area contributed by atoms with Gasteiger partial charge in [-0.2, -0.15) is 0 Å². The van der Waals surface area contributed by atoms with Gasteiger partial charge in [-0.1, -0.05) is 0 Å². The number of anilines is 1. The van der Waals surface area contributed by atoms with Gasteiger partial charge in [0, 0.05) is 25.2 Å². The fourth-order valence-corrected chi connectivity index (χ4v) is 2.30. The molecule has 0 unspecified atom stereocenters. The molecule has 1 saturated heterocycles. The first-order valence-electron chi connectivity index (χ1n) is 6.70. The first kappa shape index (κ1) is 15.8. The van der Waals surface area contributed by atoms with Gasteiger partial charge in [0.1, 0.15) is 0 Å². The molecule has 1 aromatic rings. The normalized spacial score (nSPS) is 18.5. The molecule has 21 heavy (non-hydrogen) atoms. The van der Waals surface area contributed by atoms with Crippen molar-refractivity contribution >= 4 is 11.6 Å². The number of benzene rings is 1. The highest BCUT2D eigenvalue weighted by Crippen LogP contribution is 2.20. The summed E-state index contributed by atoms with van der Waals surface area (Å²) in [7, 11) is 0. The molecule has 0 aliphatic carbocycles. The zero-order chi connectivity index (χ0) is 15.6. The van der Waals surface area contributed by atoms with E-state index in [1.165, 1.54) is 0 Å². The largest absolute Gasteiger partial charge is 0.322 e. The van der Waals surface area contributed by atoms with E-state index in [9.17, 15) is 18.0 Å². The Kier molecular flexibility index (Phi) is 4.53. The van der Waals surface area contributed by atoms with E-state index in [1.54, 1.807) is 0 Å². The summed E-state index contributed by atoms with van der Waals surface area (Å²) < 4.78 is 39.4.